The van der Waals surface area contributed by atoms with E-state index in [1.54, 1.807) is 0 Å². The minimum Gasteiger partial charge on any atom is -0.356 e. The summed E-state index contributed by atoms with van der Waals surface area (Å²) >= 11 is 0. The largest absolute Gasteiger partial charge is 0.356 e. The third-order valence-corrected chi connectivity index (χ3v) is 5.78. The summed E-state index contributed by atoms with van der Waals surface area (Å²) < 4.78 is 26.9. The van der Waals surface area contributed by atoms with Crippen molar-refractivity contribution in [1.82, 2.24) is 9.62 Å². The zero-order chi connectivity index (χ0) is 16.7. The van der Waals surface area contributed by atoms with E-state index in [0.717, 1.165) is 25.7 Å². The predicted molar refractivity (Wildman–Crippen MR) is 86.0 cm³/mol. The first-order valence-electron chi connectivity index (χ1n) is 7.81. The molecule has 23 heavy (non-hydrogen) atoms. The monoisotopic (exact) mass is 335 g/mol. The zero-order valence-electron chi connectivity index (χ0n) is 13.0. The number of hydrogen-bond donors (Lipinski definition) is 1. The molecule has 0 bridgehead atoms. The van der Waals surface area contributed by atoms with Crippen LogP contribution in [0.1, 0.15) is 37.7 Å². The van der Waals surface area contributed by atoms with Crippen LogP contribution in [0.2, 0.25) is 0 Å². The number of benzene rings is 1. The third kappa shape index (κ3) is 4.78. The summed E-state index contributed by atoms with van der Waals surface area (Å²) in [6.45, 7) is 1.24. The normalized spacial score (nSPS) is 18.5. The maximum Gasteiger partial charge on any atom is 0.243 e. The van der Waals surface area contributed by atoms with E-state index < -0.39 is 10.0 Å². The molecule has 1 aromatic rings. The number of nitrogens with one attached hydrogen (secondary N) is 1. The Bertz CT molecular complexity index is 678. The Kier molecular flexibility index (Phi) is 6.13. The fourth-order valence-corrected chi connectivity index (χ4v) is 3.99. The Balaban J connectivity index is 2.18. The summed E-state index contributed by atoms with van der Waals surface area (Å²) in [6.07, 6.45) is 3.79. The Morgan fingerprint density at radius 1 is 1.04 bits per heavy atom. The van der Waals surface area contributed by atoms with Gasteiger partial charge in [0.05, 0.1) is 16.5 Å². The lowest BCUT2D eigenvalue weighted by Crippen LogP contribution is -2.35. The van der Waals surface area contributed by atoms with Crippen molar-refractivity contribution in [3.63, 3.8) is 0 Å². The van der Waals surface area contributed by atoms with Crippen LogP contribution >= 0.6 is 0 Å². The van der Waals surface area contributed by atoms with Gasteiger partial charge in [0.25, 0.3) is 0 Å². The molecule has 1 fully saturated rings. The molecule has 1 aliphatic heterocycles. The van der Waals surface area contributed by atoms with Gasteiger partial charge in [-0.05, 0) is 37.1 Å². The summed E-state index contributed by atoms with van der Waals surface area (Å²) in [7, 11) is -3.65. The van der Waals surface area contributed by atoms with Gasteiger partial charge in [-0.1, -0.05) is 12.8 Å². The van der Waals surface area contributed by atoms with Gasteiger partial charge in [-0.15, -0.1) is 0 Å². The molecule has 1 heterocycles. The highest BCUT2D eigenvalue weighted by atomic mass is 32.2. The van der Waals surface area contributed by atoms with E-state index >= 15 is 0 Å². The molecule has 7 heteroatoms. The van der Waals surface area contributed by atoms with Crippen molar-refractivity contribution in [2.75, 3.05) is 19.6 Å². The van der Waals surface area contributed by atoms with E-state index in [4.69, 9.17) is 5.26 Å². The molecule has 0 aliphatic carbocycles. The van der Waals surface area contributed by atoms with Gasteiger partial charge in [-0.3, -0.25) is 4.79 Å². The Morgan fingerprint density at radius 2 is 1.74 bits per heavy atom. The van der Waals surface area contributed by atoms with E-state index in [-0.39, 0.29) is 23.8 Å². The molecule has 0 atom stereocenters. The molecule has 6 nitrogen and oxygen atoms in total. The van der Waals surface area contributed by atoms with E-state index in [1.807, 2.05) is 6.07 Å². The summed E-state index contributed by atoms with van der Waals surface area (Å²) in [5, 5.41) is 11.6. The van der Waals surface area contributed by atoms with Crippen LogP contribution < -0.4 is 5.32 Å². The summed E-state index contributed by atoms with van der Waals surface area (Å²) in [6, 6.07) is 7.84. The molecule has 1 aromatic carbocycles. The molecule has 0 aromatic heterocycles. The number of amides is 1. The molecule has 0 radical (unpaired) electrons. The van der Waals surface area contributed by atoms with Crippen molar-refractivity contribution >= 4 is 15.9 Å². The van der Waals surface area contributed by atoms with Crippen LogP contribution in [0.15, 0.2) is 29.2 Å². The average Bonchev–Trinajstić information content (AvgIpc) is 2.60. The molecule has 1 aliphatic rings. The maximum absolute atomic E-state index is 12.8. The van der Waals surface area contributed by atoms with Crippen LogP contribution in [0.4, 0.5) is 0 Å². The van der Waals surface area contributed by atoms with Crippen LogP contribution in [-0.4, -0.2) is 38.3 Å². The van der Waals surface area contributed by atoms with Gasteiger partial charge in [-0.25, -0.2) is 8.42 Å². The maximum atomic E-state index is 12.8. The highest BCUT2D eigenvalue weighted by Gasteiger charge is 2.24. The van der Waals surface area contributed by atoms with Crippen molar-refractivity contribution in [1.29, 1.82) is 5.26 Å². The number of hydrogen-bond acceptors (Lipinski definition) is 4. The minimum atomic E-state index is -3.65. The molecule has 0 saturated carbocycles. The van der Waals surface area contributed by atoms with Gasteiger partial charge < -0.3 is 5.32 Å². The van der Waals surface area contributed by atoms with Crippen LogP contribution in [0.3, 0.4) is 0 Å². The third-order valence-electron chi connectivity index (χ3n) is 3.87. The number of rotatable bonds is 2. The molecule has 1 N–H and O–H groups in total. The van der Waals surface area contributed by atoms with Gasteiger partial charge in [0, 0.05) is 26.1 Å². The Labute approximate surface area is 137 Å². The lowest BCUT2D eigenvalue weighted by Gasteiger charge is -2.21. The first-order chi connectivity index (χ1) is 11.0. The summed E-state index contributed by atoms with van der Waals surface area (Å²) in [5.74, 6) is -0.119. The molecule has 2 rings (SSSR count). The quantitative estimate of drug-likeness (QED) is 0.889. The molecule has 1 saturated heterocycles. The molecule has 124 valence electrons. The highest BCUT2D eigenvalue weighted by Crippen LogP contribution is 2.18. The van der Waals surface area contributed by atoms with Gasteiger partial charge in [0.2, 0.25) is 15.9 Å². The number of carbonyl (C=O) groups excluding carboxylic acids is 1. The number of nitriles is 1. The first kappa shape index (κ1) is 17.4. The van der Waals surface area contributed by atoms with Crippen LogP contribution in [0.5, 0.6) is 0 Å². The number of sulfonamides is 1. The van der Waals surface area contributed by atoms with Crippen molar-refractivity contribution in [3.8, 4) is 6.07 Å². The zero-order valence-corrected chi connectivity index (χ0v) is 13.8. The van der Waals surface area contributed by atoms with E-state index in [1.165, 1.54) is 28.6 Å². The topological polar surface area (TPSA) is 90.3 Å². The van der Waals surface area contributed by atoms with E-state index in [2.05, 4.69) is 5.32 Å². The van der Waals surface area contributed by atoms with Crippen LogP contribution in [-0.2, 0) is 14.8 Å². The number of carbonyl (C=O) groups is 1. The van der Waals surface area contributed by atoms with Gasteiger partial charge in [0.15, 0.2) is 0 Å². The molecular weight excluding hydrogens is 314 g/mol. The van der Waals surface area contributed by atoms with Gasteiger partial charge >= 0.3 is 0 Å². The van der Waals surface area contributed by atoms with Crippen LogP contribution in [0.25, 0.3) is 0 Å². The second-order valence-electron chi connectivity index (χ2n) is 5.55. The Morgan fingerprint density at radius 3 is 2.43 bits per heavy atom. The molecule has 0 unspecified atom stereocenters. The summed E-state index contributed by atoms with van der Waals surface area (Å²) in [5.41, 5.74) is 0.417. The number of nitrogens with zero attached hydrogens (tertiary/aromatic N) is 2. The first-order valence-corrected chi connectivity index (χ1v) is 9.25. The molecule has 1 amide bonds. The lowest BCUT2D eigenvalue weighted by atomic mass is 10.2. The fraction of sp³-hybridized carbons (Fsp3) is 0.500. The van der Waals surface area contributed by atoms with Crippen molar-refractivity contribution in [3.05, 3.63) is 29.8 Å². The summed E-state index contributed by atoms with van der Waals surface area (Å²) in [4.78, 5) is 11.9. The highest BCUT2D eigenvalue weighted by molar-refractivity contribution is 7.89. The smallest absolute Gasteiger partial charge is 0.243 e. The average molecular weight is 335 g/mol. The van der Waals surface area contributed by atoms with E-state index in [0.29, 0.717) is 18.7 Å². The molecular formula is C16H21N3O3S. The second-order valence-corrected chi connectivity index (χ2v) is 7.49. The minimum absolute atomic E-state index is 0.119. The van der Waals surface area contributed by atoms with Gasteiger partial charge in [0.1, 0.15) is 0 Å². The molecule has 0 spiro atoms. The van der Waals surface area contributed by atoms with Crippen molar-refractivity contribution < 1.29 is 13.2 Å². The Hall–Kier alpha value is -1.91. The SMILES string of the molecule is N#Cc1ccc(S(=O)(=O)N2CCCCCCNC(=O)CC2)cc1. The van der Waals surface area contributed by atoms with E-state index in [9.17, 15) is 13.2 Å². The van der Waals surface area contributed by atoms with Crippen molar-refractivity contribution in [2.24, 2.45) is 0 Å². The second kappa shape index (κ2) is 8.09. The van der Waals surface area contributed by atoms with Crippen molar-refractivity contribution in [2.45, 2.75) is 37.0 Å². The van der Waals surface area contributed by atoms with Crippen LogP contribution in [0, 0.1) is 11.3 Å². The van der Waals surface area contributed by atoms with Gasteiger partial charge in [-0.2, -0.15) is 9.57 Å². The standard InChI is InChI=1S/C16H21N3O3S/c17-13-14-5-7-15(8-6-14)23(21,22)19-11-4-2-1-3-10-18-16(20)9-12-19/h5-8H,1-4,9-12H2,(H,18,20). The fourth-order valence-electron chi connectivity index (χ4n) is 2.51. The lowest BCUT2D eigenvalue weighted by molar-refractivity contribution is -0.121. The predicted octanol–water partition coefficient (Wildman–Crippen LogP) is 1.63.